The summed E-state index contributed by atoms with van der Waals surface area (Å²) in [6.45, 7) is 0. The van der Waals surface area contributed by atoms with Gasteiger partial charge in [-0.05, 0) is 0 Å². The summed E-state index contributed by atoms with van der Waals surface area (Å²) in [7, 11) is 0. The van der Waals surface area contributed by atoms with E-state index < -0.39 is 58.3 Å². The highest BCUT2D eigenvalue weighted by molar-refractivity contribution is 8.02. The average Bonchev–Trinajstić information content (AvgIpc) is 2.16. The van der Waals surface area contributed by atoms with Crippen LogP contribution in [0.4, 0.5) is 79.0 Å². The van der Waals surface area contributed by atoms with Crippen LogP contribution in [-0.4, -0.2) is 46.6 Å². The molecule has 0 N–H and O–H groups in total. The summed E-state index contributed by atoms with van der Waals surface area (Å²) in [6.07, 6.45) is -48.6. The summed E-state index contributed by atoms with van der Waals surface area (Å²) < 4.78 is 209. The molecule has 19 heteroatoms. The quantitative estimate of drug-likeness (QED) is 0.412. The fourth-order valence-corrected chi connectivity index (χ4v) is 2.69. The first-order chi connectivity index (χ1) is 11.2. The van der Waals surface area contributed by atoms with Gasteiger partial charge in [-0.15, -0.1) is 0 Å². The van der Waals surface area contributed by atoms with Crippen molar-refractivity contribution in [3.05, 3.63) is 0 Å². The lowest BCUT2D eigenvalue weighted by atomic mass is 10.1. The fourth-order valence-electron chi connectivity index (χ4n) is 1.54. The molecular weight excluding hydrogens is 470 g/mol. The number of hydrogen-bond acceptors (Lipinski definition) is 1. The summed E-state index contributed by atoms with van der Waals surface area (Å²) in [5.41, 5.74) is 0. The smallest absolute Gasteiger partial charge is 0.169 e. The van der Waals surface area contributed by atoms with Crippen LogP contribution in [0.25, 0.3) is 0 Å². The van der Waals surface area contributed by atoms with Crippen LogP contribution in [0.1, 0.15) is 0 Å². The van der Waals surface area contributed by atoms with E-state index in [1.54, 1.807) is 0 Å². The molecule has 0 aromatic heterocycles. The number of halogens is 18. The van der Waals surface area contributed by atoms with Gasteiger partial charge in [-0.3, -0.25) is 0 Å². The maximum absolute atomic E-state index is 12.5. The van der Waals surface area contributed by atoms with Crippen LogP contribution in [0.3, 0.4) is 0 Å². The summed E-state index contributed by atoms with van der Waals surface area (Å²) in [4.78, 5) is 0. The molecule has 0 aromatic rings. The number of hydrogen-bond donors (Lipinski definition) is 0. The van der Waals surface area contributed by atoms with Crippen molar-refractivity contribution in [3.63, 3.8) is 0 Å². The molecule has 0 amide bonds. The van der Waals surface area contributed by atoms with E-state index in [2.05, 4.69) is 0 Å². The lowest BCUT2D eigenvalue weighted by Crippen LogP contribution is -2.72. The van der Waals surface area contributed by atoms with E-state index in [-0.39, 0.29) is 0 Å². The van der Waals surface area contributed by atoms with E-state index in [0.29, 0.717) is 0 Å². The summed E-state index contributed by atoms with van der Waals surface area (Å²) in [5.74, 6) is 0. The highest BCUT2D eigenvalue weighted by Gasteiger charge is 2.94. The Morgan fingerprint density at radius 2 is 0.370 bits per heavy atom. The average molecular weight is 470 g/mol. The van der Waals surface area contributed by atoms with Crippen LogP contribution >= 0.6 is 11.8 Å². The predicted molar refractivity (Wildman–Crippen MR) is 49.4 cm³/mol. The van der Waals surface area contributed by atoms with Crippen LogP contribution in [-0.2, 0) is 0 Å². The van der Waals surface area contributed by atoms with Crippen LogP contribution < -0.4 is 0 Å². The van der Waals surface area contributed by atoms with Crippen molar-refractivity contribution in [2.45, 2.75) is 46.6 Å². The van der Waals surface area contributed by atoms with Crippen LogP contribution in [0.2, 0.25) is 0 Å². The van der Waals surface area contributed by atoms with Crippen molar-refractivity contribution in [1.29, 1.82) is 0 Å². The van der Waals surface area contributed by atoms with Crippen molar-refractivity contribution < 1.29 is 79.0 Å². The normalized spacial score (nSPS) is 16.7. The zero-order valence-electron chi connectivity index (χ0n) is 11.2. The Bertz CT molecular complexity index is 398. The first kappa shape index (κ1) is 26.1. The lowest BCUT2D eigenvalue weighted by Gasteiger charge is -2.46. The van der Waals surface area contributed by atoms with Crippen molar-refractivity contribution >= 4 is 11.8 Å². The Morgan fingerprint density at radius 1 is 0.259 bits per heavy atom. The molecular formula is C8F18S. The lowest BCUT2D eigenvalue weighted by molar-refractivity contribution is -0.358. The van der Waals surface area contributed by atoms with E-state index in [0.717, 1.165) is 0 Å². The molecule has 164 valence electrons. The topological polar surface area (TPSA) is 0 Å². The summed E-state index contributed by atoms with van der Waals surface area (Å²) in [6, 6.07) is 0. The summed E-state index contributed by atoms with van der Waals surface area (Å²) in [5, 5.41) is 0. The van der Waals surface area contributed by atoms with Gasteiger partial charge in [0.25, 0.3) is 0 Å². The van der Waals surface area contributed by atoms with Crippen molar-refractivity contribution in [1.82, 2.24) is 0 Å². The van der Waals surface area contributed by atoms with E-state index in [4.69, 9.17) is 0 Å². The molecule has 0 bridgehead atoms. The zero-order valence-corrected chi connectivity index (χ0v) is 12.0. The fraction of sp³-hybridized carbons (Fsp3) is 1.00. The van der Waals surface area contributed by atoms with E-state index in [1.165, 1.54) is 0 Å². The number of rotatable bonds is 2. The molecule has 0 fully saturated rings. The maximum Gasteiger partial charge on any atom is 0.421 e. The van der Waals surface area contributed by atoms with Gasteiger partial charge in [0.05, 0.1) is 0 Å². The Labute approximate surface area is 138 Å². The minimum atomic E-state index is -8.10. The SMILES string of the molecule is FC(F)(F)C(SC(C(F)(F)F)(C(F)(F)F)C(F)(F)F)(C(F)(F)F)C(F)(F)F. The van der Waals surface area contributed by atoms with Crippen LogP contribution in [0.15, 0.2) is 0 Å². The standard InChI is InChI=1S/C8F18S/c9-3(10,11)1(4(12,13)14,5(15,16)17)27-2(6(18,19)20,7(21,22)23)8(24,25)26. The molecule has 0 aliphatic heterocycles. The first-order valence-electron chi connectivity index (χ1n) is 5.31. The number of thioether (sulfide) groups is 1. The van der Waals surface area contributed by atoms with Gasteiger partial charge in [0.15, 0.2) is 0 Å². The van der Waals surface area contributed by atoms with E-state index >= 15 is 0 Å². The van der Waals surface area contributed by atoms with Crippen LogP contribution in [0, 0.1) is 0 Å². The zero-order chi connectivity index (χ0) is 22.7. The Morgan fingerprint density at radius 3 is 0.444 bits per heavy atom. The molecule has 0 aromatic carbocycles. The molecule has 0 rings (SSSR count). The van der Waals surface area contributed by atoms with Gasteiger partial charge in [0, 0.05) is 0 Å². The predicted octanol–water partition coefficient (Wildman–Crippen LogP) is 6.57. The van der Waals surface area contributed by atoms with Crippen LogP contribution in [0.5, 0.6) is 0 Å². The Hall–Kier alpha value is -0.910. The largest absolute Gasteiger partial charge is 0.421 e. The second-order valence-corrected chi connectivity index (χ2v) is 5.88. The second kappa shape index (κ2) is 6.30. The summed E-state index contributed by atoms with van der Waals surface area (Å²) >= 11 is -4.42. The first-order valence-corrected chi connectivity index (χ1v) is 6.13. The molecule has 0 atom stereocenters. The molecule has 0 heterocycles. The molecule has 27 heavy (non-hydrogen) atoms. The van der Waals surface area contributed by atoms with Gasteiger partial charge < -0.3 is 0 Å². The molecule has 0 saturated heterocycles. The second-order valence-electron chi connectivity index (χ2n) is 4.45. The molecule has 0 radical (unpaired) electrons. The van der Waals surface area contributed by atoms with E-state index in [9.17, 15) is 79.0 Å². The van der Waals surface area contributed by atoms with Gasteiger partial charge in [-0.2, -0.15) is 79.0 Å². The Kier molecular flexibility index (Phi) is 6.08. The third-order valence-corrected chi connectivity index (χ3v) is 4.70. The van der Waals surface area contributed by atoms with E-state index in [1.807, 2.05) is 0 Å². The molecule has 0 aliphatic carbocycles. The Balaban J connectivity index is 7.45. The monoisotopic (exact) mass is 470 g/mol. The molecule has 0 saturated carbocycles. The highest BCUT2D eigenvalue weighted by Crippen LogP contribution is 2.70. The third-order valence-electron chi connectivity index (χ3n) is 2.70. The van der Waals surface area contributed by atoms with Gasteiger partial charge in [0.1, 0.15) is 0 Å². The van der Waals surface area contributed by atoms with Crippen molar-refractivity contribution in [2.24, 2.45) is 0 Å². The highest BCUT2D eigenvalue weighted by atomic mass is 32.2. The van der Waals surface area contributed by atoms with Gasteiger partial charge in [-0.25, -0.2) is 0 Å². The minimum absolute atomic E-state index is 4.42. The maximum atomic E-state index is 12.5. The molecule has 0 aliphatic rings. The molecule has 0 unspecified atom stereocenters. The number of alkyl halides is 18. The van der Waals surface area contributed by atoms with Crippen molar-refractivity contribution in [2.75, 3.05) is 0 Å². The van der Waals surface area contributed by atoms with Crippen molar-refractivity contribution in [3.8, 4) is 0 Å². The molecule has 0 nitrogen and oxygen atoms in total. The van der Waals surface area contributed by atoms with Gasteiger partial charge in [0.2, 0.25) is 0 Å². The van der Waals surface area contributed by atoms with Gasteiger partial charge in [-0.1, -0.05) is 11.8 Å². The molecule has 0 spiro atoms. The minimum Gasteiger partial charge on any atom is -0.169 e. The third kappa shape index (κ3) is 3.83. The van der Waals surface area contributed by atoms with Gasteiger partial charge >= 0.3 is 46.6 Å².